The maximum absolute atomic E-state index is 11.4. The summed E-state index contributed by atoms with van der Waals surface area (Å²) in [7, 11) is 0. The third-order valence-electron chi connectivity index (χ3n) is 4.33. The van der Waals surface area contributed by atoms with Crippen LogP contribution in [0.3, 0.4) is 0 Å². The van der Waals surface area contributed by atoms with Crippen LogP contribution in [0.2, 0.25) is 0 Å². The number of nitrogens with zero attached hydrogens (tertiary/aromatic N) is 1. The summed E-state index contributed by atoms with van der Waals surface area (Å²) in [5, 5.41) is 13.1. The Morgan fingerprint density at radius 1 is 0.929 bits per heavy atom. The second kappa shape index (κ2) is 12.5. The van der Waals surface area contributed by atoms with E-state index >= 15 is 0 Å². The molecule has 0 aliphatic rings. The van der Waals surface area contributed by atoms with E-state index in [1.165, 1.54) is 32.1 Å². The van der Waals surface area contributed by atoms with E-state index in [1.54, 1.807) is 24.3 Å². The lowest BCUT2D eigenvalue weighted by Gasteiger charge is -2.07. The van der Waals surface area contributed by atoms with Crippen LogP contribution in [-0.4, -0.2) is 23.4 Å². The molecule has 150 valence electrons. The molecule has 0 atom stereocenters. The highest BCUT2D eigenvalue weighted by molar-refractivity contribution is 6.42. The first-order chi connectivity index (χ1) is 13.7. The van der Waals surface area contributed by atoms with Gasteiger partial charge in [0.25, 0.3) is 0 Å². The van der Waals surface area contributed by atoms with E-state index in [4.69, 9.17) is 9.57 Å². The van der Waals surface area contributed by atoms with Crippen molar-refractivity contribution in [3.8, 4) is 5.75 Å². The van der Waals surface area contributed by atoms with Crippen molar-refractivity contribution in [2.45, 2.75) is 52.1 Å². The molecule has 28 heavy (non-hydrogen) atoms. The fourth-order valence-electron chi connectivity index (χ4n) is 2.74. The Morgan fingerprint density at radius 3 is 2.29 bits per heavy atom. The summed E-state index contributed by atoms with van der Waals surface area (Å²) in [6.07, 6.45) is 7.43. The molecule has 0 aromatic heterocycles. The fraction of sp³-hybridized carbons (Fsp3) is 0.391. The van der Waals surface area contributed by atoms with Crippen molar-refractivity contribution in [2.75, 3.05) is 6.61 Å². The molecule has 2 rings (SSSR count). The van der Waals surface area contributed by atoms with Crippen LogP contribution in [0.1, 0.15) is 56.6 Å². The number of carboxylic acid groups (broad SMARTS) is 1. The third-order valence-corrected chi connectivity index (χ3v) is 4.33. The fourth-order valence-corrected chi connectivity index (χ4v) is 2.74. The minimum Gasteiger partial charge on any atom is -0.494 e. The van der Waals surface area contributed by atoms with Crippen LogP contribution in [0.5, 0.6) is 5.75 Å². The number of hydrogen-bond donors (Lipinski definition) is 1. The number of unbranched alkanes of at least 4 members (excludes halogenated alkanes) is 5. The van der Waals surface area contributed by atoms with Crippen molar-refractivity contribution in [3.05, 3.63) is 65.7 Å². The monoisotopic (exact) mass is 383 g/mol. The zero-order valence-corrected chi connectivity index (χ0v) is 16.5. The van der Waals surface area contributed by atoms with Crippen LogP contribution in [0.15, 0.2) is 59.8 Å². The zero-order valence-electron chi connectivity index (χ0n) is 16.5. The average molecular weight is 383 g/mol. The van der Waals surface area contributed by atoms with Crippen LogP contribution < -0.4 is 4.74 Å². The molecule has 0 aliphatic carbocycles. The maximum atomic E-state index is 11.4. The van der Waals surface area contributed by atoms with Crippen LogP contribution in [0.25, 0.3) is 0 Å². The molecule has 0 heterocycles. The highest BCUT2D eigenvalue weighted by atomic mass is 16.6. The van der Waals surface area contributed by atoms with Crippen LogP contribution >= 0.6 is 0 Å². The highest BCUT2D eigenvalue weighted by Gasteiger charge is 2.12. The van der Waals surface area contributed by atoms with Gasteiger partial charge in [0, 0.05) is 5.56 Å². The molecular weight excluding hydrogens is 354 g/mol. The van der Waals surface area contributed by atoms with Crippen molar-refractivity contribution in [1.82, 2.24) is 0 Å². The second-order valence-corrected chi connectivity index (χ2v) is 6.64. The average Bonchev–Trinajstić information content (AvgIpc) is 2.72. The first kappa shape index (κ1) is 21.5. The molecule has 0 unspecified atom stereocenters. The summed E-state index contributed by atoms with van der Waals surface area (Å²) in [5.41, 5.74) is 1.29. The number of oxime groups is 1. The summed E-state index contributed by atoms with van der Waals surface area (Å²) in [4.78, 5) is 16.6. The van der Waals surface area contributed by atoms with Crippen molar-refractivity contribution in [2.24, 2.45) is 5.16 Å². The maximum Gasteiger partial charge on any atom is 0.358 e. The number of benzene rings is 2. The van der Waals surface area contributed by atoms with Gasteiger partial charge in [-0.15, -0.1) is 0 Å². The van der Waals surface area contributed by atoms with E-state index in [0.717, 1.165) is 24.3 Å². The lowest BCUT2D eigenvalue weighted by molar-refractivity contribution is -0.129. The predicted molar refractivity (Wildman–Crippen MR) is 111 cm³/mol. The van der Waals surface area contributed by atoms with Gasteiger partial charge < -0.3 is 14.7 Å². The van der Waals surface area contributed by atoms with Gasteiger partial charge >= 0.3 is 5.97 Å². The lowest BCUT2D eigenvalue weighted by atomic mass is 10.1. The summed E-state index contributed by atoms with van der Waals surface area (Å²) in [5.74, 6) is -0.291. The van der Waals surface area contributed by atoms with Gasteiger partial charge in [0.15, 0.2) is 5.71 Å². The van der Waals surface area contributed by atoms with Crippen LogP contribution in [-0.2, 0) is 16.2 Å². The largest absolute Gasteiger partial charge is 0.494 e. The van der Waals surface area contributed by atoms with Gasteiger partial charge in [-0.2, -0.15) is 0 Å². The Labute approximate surface area is 167 Å². The molecule has 2 aromatic carbocycles. The smallest absolute Gasteiger partial charge is 0.358 e. The Hall–Kier alpha value is -2.82. The van der Waals surface area contributed by atoms with Crippen molar-refractivity contribution in [1.29, 1.82) is 0 Å². The molecule has 5 heteroatoms. The molecule has 1 N–H and O–H groups in total. The molecule has 0 aliphatic heterocycles. The Kier molecular flexibility index (Phi) is 9.62. The number of hydrogen-bond acceptors (Lipinski definition) is 4. The van der Waals surface area contributed by atoms with Gasteiger partial charge in [0.1, 0.15) is 12.4 Å². The lowest BCUT2D eigenvalue weighted by Crippen LogP contribution is -2.14. The zero-order chi connectivity index (χ0) is 20.0. The van der Waals surface area contributed by atoms with Crippen molar-refractivity contribution >= 4 is 11.7 Å². The summed E-state index contributed by atoms with van der Waals surface area (Å²) < 4.78 is 5.75. The van der Waals surface area contributed by atoms with Gasteiger partial charge in [-0.25, -0.2) is 4.79 Å². The number of rotatable bonds is 13. The number of aliphatic carboxylic acids is 1. The van der Waals surface area contributed by atoms with Crippen LogP contribution in [0, 0.1) is 0 Å². The van der Waals surface area contributed by atoms with Gasteiger partial charge in [-0.3, -0.25) is 0 Å². The second-order valence-electron chi connectivity index (χ2n) is 6.64. The van der Waals surface area contributed by atoms with E-state index < -0.39 is 5.97 Å². The predicted octanol–water partition coefficient (Wildman–Crippen LogP) is 5.43. The summed E-state index contributed by atoms with van der Waals surface area (Å²) >= 11 is 0. The summed E-state index contributed by atoms with van der Waals surface area (Å²) in [6, 6.07) is 16.3. The quantitative estimate of drug-likeness (QED) is 0.284. The molecule has 0 spiro atoms. The minimum absolute atomic E-state index is 0.112. The first-order valence-electron chi connectivity index (χ1n) is 9.91. The van der Waals surface area contributed by atoms with E-state index in [0.29, 0.717) is 5.56 Å². The van der Waals surface area contributed by atoms with E-state index in [2.05, 4.69) is 12.1 Å². The third kappa shape index (κ3) is 7.82. The van der Waals surface area contributed by atoms with Gasteiger partial charge in [-0.05, 0) is 24.1 Å². The molecule has 0 saturated carbocycles. The van der Waals surface area contributed by atoms with E-state index in [9.17, 15) is 9.90 Å². The number of carboxylic acids is 1. The summed E-state index contributed by atoms with van der Waals surface area (Å²) in [6.45, 7) is 3.14. The first-order valence-corrected chi connectivity index (χ1v) is 9.91. The highest BCUT2D eigenvalue weighted by Crippen LogP contribution is 2.14. The Balaban J connectivity index is 1.75. The molecule has 0 radical (unpaired) electrons. The minimum atomic E-state index is -1.12. The van der Waals surface area contributed by atoms with Crippen molar-refractivity contribution in [3.63, 3.8) is 0 Å². The molecule has 0 saturated heterocycles. The molecule has 2 aromatic rings. The molecule has 0 fully saturated rings. The van der Waals surface area contributed by atoms with E-state index in [-0.39, 0.29) is 12.3 Å². The topological polar surface area (TPSA) is 68.1 Å². The number of ether oxygens (including phenoxy) is 1. The van der Waals surface area contributed by atoms with Crippen molar-refractivity contribution < 1.29 is 19.5 Å². The standard InChI is InChI=1S/C23H29NO4/c1-2-3-4-5-6-10-17-27-21-15-13-19(14-16-21)18-28-24-22(23(25)26)20-11-8-7-9-12-20/h7-9,11-16H,2-6,10,17-18H2,1H3,(H,25,26)/b24-22+. The van der Waals surface area contributed by atoms with Gasteiger partial charge in [0.05, 0.1) is 6.61 Å². The Morgan fingerprint density at radius 2 is 1.61 bits per heavy atom. The normalized spacial score (nSPS) is 11.2. The molecule has 5 nitrogen and oxygen atoms in total. The van der Waals surface area contributed by atoms with Gasteiger partial charge in [-0.1, -0.05) is 86.6 Å². The molecular formula is C23H29NO4. The molecule has 0 bridgehead atoms. The molecule has 0 amide bonds. The SMILES string of the molecule is CCCCCCCCOc1ccc(CO/N=C(/C(=O)O)c2ccccc2)cc1. The Bertz CT molecular complexity index is 726. The number of carbonyl (C=O) groups is 1. The van der Waals surface area contributed by atoms with E-state index in [1.807, 2.05) is 30.3 Å². The van der Waals surface area contributed by atoms with Crippen LogP contribution in [0.4, 0.5) is 0 Å². The van der Waals surface area contributed by atoms with Gasteiger partial charge in [0.2, 0.25) is 0 Å².